The van der Waals surface area contributed by atoms with Crippen LogP contribution >= 0.6 is 7.82 Å². The number of phosphoric acid groups is 1. The van der Waals surface area contributed by atoms with Crippen LogP contribution in [0.25, 0.3) is 0 Å². The first-order valence-electron chi connectivity index (χ1n) is 4.15. The molecule has 0 radical (unpaired) electrons. The Morgan fingerprint density at radius 3 is 2.67 bits per heavy atom. The monoisotopic (exact) mass is 226 g/mol. The Morgan fingerprint density at radius 1 is 1.53 bits per heavy atom. The molecule has 1 aliphatic heterocycles. The molecule has 0 spiro atoms. The minimum atomic E-state index is -4.21. The van der Waals surface area contributed by atoms with Crippen LogP contribution in [-0.2, 0) is 13.6 Å². The van der Waals surface area contributed by atoms with E-state index in [-0.39, 0.29) is 25.5 Å². The number of rotatable bonds is 3. The Hall–Kier alpha value is 0.147. The van der Waals surface area contributed by atoms with E-state index in [4.69, 9.17) is 5.11 Å². The quantitative estimate of drug-likeness (QED) is 0.323. The molecule has 1 heterocycles. The minimum Gasteiger partial charge on any atom is -0.756 e. The van der Waals surface area contributed by atoms with Crippen LogP contribution in [0.5, 0.6) is 0 Å². The van der Waals surface area contributed by atoms with Gasteiger partial charge in [-0.2, -0.15) is 0 Å². The van der Waals surface area contributed by atoms with Crippen LogP contribution < -0.4 is 23.8 Å². The maximum atomic E-state index is 11.0. The first kappa shape index (κ1) is 15.1. The first-order chi connectivity index (χ1) is 6.57. The van der Waals surface area contributed by atoms with Crippen molar-refractivity contribution in [3.05, 3.63) is 24.8 Å². The fraction of sp³-hybridized carbons (Fsp3) is 0.500. The third-order valence-corrected chi connectivity index (χ3v) is 2.77. The van der Waals surface area contributed by atoms with Crippen molar-refractivity contribution in [3.8, 4) is 0 Å². The second kappa shape index (κ2) is 6.67. The van der Waals surface area contributed by atoms with Gasteiger partial charge in [0.2, 0.25) is 0 Å². The average Bonchev–Trinajstić information content (AvgIpc) is 2.12. The average molecular weight is 226 g/mol. The molecule has 0 aromatic rings. The van der Waals surface area contributed by atoms with Gasteiger partial charge in [-0.25, -0.2) is 0 Å². The van der Waals surface area contributed by atoms with Crippen LogP contribution in [0, 0.1) is 0 Å². The summed E-state index contributed by atoms with van der Waals surface area (Å²) < 4.78 is 20.3. The standard InChI is InChI=1S/C8H13O5P.Li/c1-2-7-6-8(4-3-5-9)13-14(10,11)12-7;/h2-4,7-9H,1,5-6H2,(H,10,11);/q;+1/p-1/b4-3+;/t7-,8-;/m1./s1. The topological polar surface area (TPSA) is 78.8 Å². The fourth-order valence-corrected chi connectivity index (χ4v) is 2.18. The zero-order valence-corrected chi connectivity index (χ0v) is 9.43. The molecule has 0 amide bonds. The van der Waals surface area contributed by atoms with Crippen molar-refractivity contribution in [3.63, 3.8) is 0 Å². The van der Waals surface area contributed by atoms with Gasteiger partial charge in [0, 0.05) is 6.42 Å². The molecule has 1 saturated heterocycles. The van der Waals surface area contributed by atoms with Gasteiger partial charge in [-0.3, -0.25) is 4.57 Å². The van der Waals surface area contributed by atoms with E-state index in [1.807, 2.05) is 0 Å². The van der Waals surface area contributed by atoms with E-state index in [0.29, 0.717) is 6.42 Å². The Bertz CT molecular complexity index is 280. The van der Waals surface area contributed by atoms with Crippen molar-refractivity contribution in [1.29, 1.82) is 0 Å². The van der Waals surface area contributed by atoms with Crippen LogP contribution in [-0.4, -0.2) is 23.9 Å². The van der Waals surface area contributed by atoms with E-state index >= 15 is 0 Å². The predicted molar refractivity (Wildman–Crippen MR) is 48.4 cm³/mol. The summed E-state index contributed by atoms with van der Waals surface area (Å²) in [6, 6.07) is 0. The molecule has 1 aliphatic rings. The molecule has 1 rings (SSSR count). The van der Waals surface area contributed by atoms with Crippen LogP contribution in [0.4, 0.5) is 0 Å². The maximum absolute atomic E-state index is 11.0. The zero-order valence-electron chi connectivity index (χ0n) is 8.54. The Balaban J connectivity index is 0.00000196. The normalized spacial score (nSPS) is 36.1. The van der Waals surface area contributed by atoms with Crippen molar-refractivity contribution in [2.75, 3.05) is 6.61 Å². The summed E-state index contributed by atoms with van der Waals surface area (Å²) in [7, 11) is -4.21. The fourth-order valence-electron chi connectivity index (χ4n) is 1.14. The third-order valence-electron chi connectivity index (χ3n) is 1.71. The zero-order chi connectivity index (χ0) is 10.6. The Morgan fingerprint density at radius 2 is 2.13 bits per heavy atom. The summed E-state index contributed by atoms with van der Waals surface area (Å²) in [5, 5.41) is 8.51. The van der Waals surface area contributed by atoms with Crippen LogP contribution in [0.2, 0.25) is 0 Å². The van der Waals surface area contributed by atoms with E-state index in [0.717, 1.165) is 0 Å². The molecule has 0 aromatic heterocycles. The van der Waals surface area contributed by atoms with Crippen LogP contribution in [0.15, 0.2) is 24.8 Å². The first-order valence-corrected chi connectivity index (χ1v) is 5.61. The van der Waals surface area contributed by atoms with Crippen molar-refractivity contribution in [2.24, 2.45) is 0 Å². The van der Waals surface area contributed by atoms with Crippen molar-refractivity contribution < 1.29 is 42.5 Å². The number of hydrogen-bond acceptors (Lipinski definition) is 5. The third kappa shape index (κ3) is 5.14. The second-order valence-corrected chi connectivity index (χ2v) is 4.13. The number of aliphatic hydroxyl groups excluding tert-OH is 1. The van der Waals surface area contributed by atoms with Gasteiger partial charge in [0.15, 0.2) is 0 Å². The Kier molecular flexibility index (Phi) is 6.74. The van der Waals surface area contributed by atoms with E-state index < -0.39 is 20.0 Å². The second-order valence-electron chi connectivity index (χ2n) is 2.82. The number of phosphoric ester groups is 1. The molecule has 3 atom stereocenters. The van der Waals surface area contributed by atoms with Gasteiger partial charge in [-0.1, -0.05) is 18.2 Å². The molecule has 80 valence electrons. The molecular formula is C8H12LiO5P. The Labute approximate surface area is 101 Å². The van der Waals surface area contributed by atoms with Gasteiger partial charge >= 0.3 is 18.9 Å². The number of aliphatic hydroxyl groups is 1. The molecule has 5 nitrogen and oxygen atoms in total. The molecule has 15 heavy (non-hydrogen) atoms. The van der Waals surface area contributed by atoms with Crippen LogP contribution in [0.1, 0.15) is 6.42 Å². The molecule has 1 unspecified atom stereocenters. The van der Waals surface area contributed by atoms with Crippen molar-refractivity contribution in [1.82, 2.24) is 0 Å². The largest absolute Gasteiger partial charge is 1.00 e. The maximum Gasteiger partial charge on any atom is 1.00 e. The summed E-state index contributed by atoms with van der Waals surface area (Å²) in [6.45, 7) is 3.30. The van der Waals surface area contributed by atoms with Gasteiger partial charge in [0.25, 0.3) is 7.82 Å². The summed E-state index contributed by atoms with van der Waals surface area (Å²) in [6.07, 6.45) is 3.57. The van der Waals surface area contributed by atoms with Crippen molar-refractivity contribution >= 4 is 7.82 Å². The summed E-state index contributed by atoms with van der Waals surface area (Å²) in [4.78, 5) is 11.0. The molecule has 1 fully saturated rings. The van der Waals surface area contributed by atoms with Gasteiger partial charge < -0.3 is 19.0 Å². The SMILES string of the molecule is C=C[C@@H]1C[C@@H](/C=C/CO)OP(=O)([O-])O1.[Li+]. The summed E-state index contributed by atoms with van der Waals surface area (Å²) in [5.41, 5.74) is 0. The van der Waals surface area contributed by atoms with E-state index in [9.17, 15) is 9.46 Å². The predicted octanol–water partition coefficient (Wildman–Crippen LogP) is -2.63. The van der Waals surface area contributed by atoms with Gasteiger partial charge in [0.1, 0.15) is 0 Å². The molecule has 0 aromatic carbocycles. The van der Waals surface area contributed by atoms with Gasteiger partial charge in [-0.05, 0) is 0 Å². The minimum absolute atomic E-state index is 0. The summed E-state index contributed by atoms with van der Waals surface area (Å²) >= 11 is 0. The van der Waals surface area contributed by atoms with E-state index in [2.05, 4.69) is 15.6 Å². The van der Waals surface area contributed by atoms with Crippen LogP contribution in [0.3, 0.4) is 0 Å². The van der Waals surface area contributed by atoms with Gasteiger partial charge in [0.05, 0.1) is 18.8 Å². The molecule has 1 N–H and O–H groups in total. The number of hydrogen-bond donors (Lipinski definition) is 1. The molecule has 0 saturated carbocycles. The van der Waals surface area contributed by atoms with Gasteiger partial charge in [-0.15, -0.1) is 6.58 Å². The van der Waals surface area contributed by atoms with Crippen molar-refractivity contribution in [2.45, 2.75) is 18.6 Å². The van der Waals surface area contributed by atoms with E-state index in [1.54, 1.807) is 0 Å². The smallest absolute Gasteiger partial charge is 0.756 e. The van der Waals surface area contributed by atoms with E-state index in [1.165, 1.54) is 18.2 Å². The molecule has 0 aliphatic carbocycles. The molecule has 0 bridgehead atoms. The molecular weight excluding hydrogens is 214 g/mol. The summed E-state index contributed by atoms with van der Waals surface area (Å²) in [5.74, 6) is 0. The molecule has 7 heteroatoms.